The van der Waals surface area contributed by atoms with Crippen LogP contribution in [0.4, 0.5) is 23.5 Å². The number of carboxylic acids is 1. The van der Waals surface area contributed by atoms with E-state index in [2.05, 4.69) is 9.97 Å². The second-order valence-corrected chi connectivity index (χ2v) is 4.18. The second-order valence-electron chi connectivity index (χ2n) is 4.18. The van der Waals surface area contributed by atoms with Crippen LogP contribution in [0.25, 0.3) is 0 Å². The molecule has 2 rings (SSSR count). The van der Waals surface area contributed by atoms with E-state index in [4.69, 9.17) is 5.11 Å². The van der Waals surface area contributed by atoms with Gasteiger partial charge in [0, 0.05) is 13.0 Å². The largest absolute Gasteiger partial charge is 0.479 e. The Labute approximate surface area is 117 Å². The lowest BCUT2D eigenvalue weighted by molar-refractivity contribution is -0.187. The predicted molar refractivity (Wildman–Crippen MR) is 62.5 cm³/mol. The number of carbonyl (C=O) groups is 1. The maximum Gasteiger partial charge on any atom is 0.348 e. The summed E-state index contributed by atoms with van der Waals surface area (Å²) in [5.41, 5.74) is -3.61. The van der Waals surface area contributed by atoms with Crippen LogP contribution in [0.15, 0.2) is 12.4 Å². The molecule has 2 heterocycles. The predicted octanol–water partition coefficient (Wildman–Crippen LogP) is 1.68. The van der Waals surface area contributed by atoms with E-state index in [1.54, 1.807) is 0 Å². The van der Waals surface area contributed by atoms with Crippen LogP contribution in [0.2, 0.25) is 0 Å². The summed E-state index contributed by atoms with van der Waals surface area (Å²) in [6, 6.07) is 0. The van der Waals surface area contributed by atoms with E-state index in [1.807, 2.05) is 0 Å². The Morgan fingerprint density at radius 3 is 2.30 bits per heavy atom. The Morgan fingerprint density at radius 1 is 1.30 bits per heavy atom. The van der Waals surface area contributed by atoms with Crippen molar-refractivity contribution >= 4 is 24.3 Å². The first-order valence-electron chi connectivity index (χ1n) is 5.29. The number of aliphatic carboxylic acids is 1. The van der Waals surface area contributed by atoms with Crippen LogP contribution < -0.4 is 4.90 Å². The summed E-state index contributed by atoms with van der Waals surface area (Å²) in [6.45, 7) is -1.48. The van der Waals surface area contributed by atoms with Gasteiger partial charge in [0.2, 0.25) is 5.95 Å². The molecule has 0 radical (unpaired) electrons. The van der Waals surface area contributed by atoms with Crippen molar-refractivity contribution in [3.63, 3.8) is 0 Å². The molecule has 112 valence electrons. The fourth-order valence-corrected chi connectivity index (χ4v) is 1.82. The molecule has 0 amide bonds. The third-order valence-corrected chi connectivity index (χ3v) is 2.92. The fraction of sp³-hybridized carbons (Fsp3) is 0.500. The quantitative estimate of drug-likeness (QED) is 0.841. The maximum absolute atomic E-state index is 13.7. The average Bonchev–Trinajstić information content (AvgIpc) is 2.33. The lowest BCUT2D eigenvalue weighted by Crippen LogP contribution is -2.62. The number of anilines is 1. The minimum atomic E-state index is -4.09. The van der Waals surface area contributed by atoms with E-state index in [-0.39, 0.29) is 24.9 Å². The van der Waals surface area contributed by atoms with E-state index in [0.717, 1.165) is 17.3 Å². The maximum atomic E-state index is 13.7. The number of alkyl halides is 3. The standard InChI is InChI=1S/C10H9F4N3O2.ClH/c11-6-3-15-8(16-4-6)17-2-1-9(12,7(18)19)10(13,14)5-17;/h3-4H,1-2,5H2,(H,18,19);1H. The summed E-state index contributed by atoms with van der Waals surface area (Å²) < 4.78 is 53.5. The molecule has 1 aromatic heterocycles. The first kappa shape index (κ1) is 16.4. The molecule has 1 fully saturated rings. The number of halogens is 5. The Kier molecular flexibility index (Phi) is 4.42. The Morgan fingerprint density at radius 2 is 1.85 bits per heavy atom. The number of piperidine rings is 1. The first-order valence-corrected chi connectivity index (χ1v) is 5.29. The van der Waals surface area contributed by atoms with Gasteiger partial charge in [0.1, 0.15) is 0 Å². The van der Waals surface area contributed by atoms with Gasteiger partial charge in [-0.05, 0) is 0 Å². The van der Waals surface area contributed by atoms with Crippen molar-refractivity contribution in [1.82, 2.24) is 9.97 Å². The van der Waals surface area contributed by atoms with Gasteiger partial charge in [0.15, 0.2) is 5.82 Å². The zero-order valence-corrected chi connectivity index (χ0v) is 10.7. The van der Waals surface area contributed by atoms with Crippen molar-refractivity contribution in [1.29, 1.82) is 0 Å². The lowest BCUT2D eigenvalue weighted by atomic mass is 9.89. The van der Waals surface area contributed by atoms with Gasteiger partial charge in [-0.3, -0.25) is 0 Å². The van der Waals surface area contributed by atoms with Gasteiger partial charge in [-0.2, -0.15) is 0 Å². The van der Waals surface area contributed by atoms with E-state index >= 15 is 0 Å². The minimum absolute atomic E-state index is 0. The number of carboxylic acid groups (broad SMARTS) is 1. The Balaban J connectivity index is 0.00000200. The molecule has 1 N–H and O–H groups in total. The van der Waals surface area contributed by atoms with Gasteiger partial charge >= 0.3 is 11.9 Å². The molecule has 0 aromatic carbocycles. The highest BCUT2D eigenvalue weighted by Gasteiger charge is 2.63. The van der Waals surface area contributed by atoms with E-state index < -0.39 is 36.3 Å². The third kappa shape index (κ3) is 2.62. The Hall–Kier alpha value is -1.64. The summed E-state index contributed by atoms with van der Waals surface area (Å²) >= 11 is 0. The molecule has 5 nitrogen and oxygen atoms in total. The van der Waals surface area contributed by atoms with Crippen molar-refractivity contribution in [2.24, 2.45) is 0 Å². The Bertz CT molecular complexity index is 502. The van der Waals surface area contributed by atoms with Crippen LogP contribution in [0, 0.1) is 5.82 Å². The number of rotatable bonds is 2. The SMILES string of the molecule is Cl.O=C(O)C1(F)CCN(c2ncc(F)cn2)CC1(F)F. The van der Waals surface area contributed by atoms with Crippen LogP contribution in [-0.4, -0.2) is 45.7 Å². The molecule has 0 spiro atoms. The highest BCUT2D eigenvalue weighted by Crippen LogP contribution is 2.40. The molecule has 1 saturated heterocycles. The van der Waals surface area contributed by atoms with Gasteiger partial charge in [0.05, 0.1) is 18.9 Å². The number of hydrogen-bond donors (Lipinski definition) is 1. The average molecular weight is 316 g/mol. The van der Waals surface area contributed by atoms with E-state index in [0.29, 0.717) is 0 Å². The fourth-order valence-electron chi connectivity index (χ4n) is 1.82. The smallest absolute Gasteiger partial charge is 0.348 e. The van der Waals surface area contributed by atoms with E-state index in [9.17, 15) is 22.4 Å². The van der Waals surface area contributed by atoms with Crippen LogP contribution in [0.1, 0.15) is 6.42 Å². The lowest BCUT2D eigenvalue weighted by Gasteiger charge is -2.39. The number of nitrogens with zero attached hydrogens (tertiary/aromatic N) is 3. The third-order valence-electron chi connectivity index (χ3n) is 2.92. The molecule has 1 aliphatic heterocycles. The molecule has 1 unspecified atom stereocenters. The summed E-state index contributed by atoms with van der Waals surface area (Å²) in [7, 11) is 0. The molecule has 20 heavy (non-hydrogen) atoms. The number of aromatic nitrogens is 2. The summed E-state index contributed by atoms with van der Waals surface area (Å²) in [4.78, 5) is 18.5. The monoisotopic (exact) mass is 315 g/mol. The van der Waals surface area contributed by atoms with E-state index in [1.165, 1.54) is 0 Å². The molecule has 1 atom stereocenters. The van der Waals surface area contributed by atoms with Crippen LogP contribution >= 0.6 is 12.4 Å². The van der Waals surface area contributed by atoms with Gasteiger partial charge in [-0.25, -0.2) is 32.3 Å². The van der Waals surface area contributed by atoms with Crippen LogP contribution in [0.3, 0.4) is 0 Å². The van der Waals surface area contributed by atoms with Crippen molar-refractivity contribution in [3.8, 4) is 0 Å². The van der Waals surface area contributed by atoms with Crippen LogP contribution in [-0.2, 0) is 4.79 Å². The molecule has 1 aromatic rings. The zero-order chi connectivity index (χ0) is 14.3. The summed E-state index contributed by atoms with van der Waals surface area (Å²) in [6.07, 6.45) is 0.667. The van der Waals surface area contributed by atoms with Gasteiger partial charge in [-0.15, -0.1) is 12.4 Å². The zero-order valence-electron chi connectivity index (χ0n) is 9.89. The molecular formula is C10H10ClF4N3O2. The molecule has 10 heteroatoms. The highest BCUT2D eigenvalue weighted by molar-refractivity contribution is 5.85. The molecular weight excluding hydrogens is 306 g/mol. The van der Waals surface area contributed by atoms with Gasteiger partial charge < -0.3 is 10.0 Å². The molecule has 1 aliphatic rings. The van der Waals surface area contributed by atoms with Crippen LogP contribution in [0.5, 0.6) is 0 Å². The number of hydrogen-bond acceptors (Lipinski definition) is 4. The highest BCUT2D eigenvalue weighted by atomic mass is 35.5. The summed E-state index contributed by atoms with van der Waals surface area (Å²) in [5.74, 6) is -7.22. The van der Waals surface area contributed by atoms with Gasteiger partial charge in [0.25, 0.3) is 5.67 Å². The van der Waals surface area contributed by atoms with Crippen molar-refractivity contribution in [3.05, 3.63) is 18.2 Å². The summed E-state index contributed by atoms with van der Waals surface area (Å²) in [5, 5.41) is 8.57. The molecule has 0 aliphatic carbocycles. The molecule has 0 saturated carbocycles. The van der Waals surface area contributed by atoms with Crippen molar-refractivity contribution in [2.75, 3.05) is 18.0 Å². The molecule has 0 bridgehead atoms. The van der Waals surface area contributed by atoms with Gasteiger partial charge in [-0.1, -0.05) is 0 Å². The first-order chi connectivity index (χ1) is 8.76. The van der Waals surface area contributed by atoms with Crippen molar-refractivity contribution in [2.45, 2.75) is 18.0 Å². The topological polar surface area (TPSA) is 66.3 Å². The van der Waals surface area contributed by atoms with Crippen molar-refractivity contribution < 1.29 is 27.5 Å². The minimum Gasteiger partial charge on any atom is -0.479 e. The normalized spacial score (nSPS) is 24.9. The second kappa shape index (κ2) is 5.39.